The number of hydrogen-bond donors (Lipinski definition) is 1. The first kappa shape index (κ1) is 24.6. The molecule has 0 saturated heterocycles. The summed E-state index contributed by atoms with van der Waals surface area (Å²) in [5.41, 5.74) is 3.58. The largest absolute Gasteiger partial charge is 0.465 e. The highest BCUT2D eigenvalue weighted by Crippen LogP contribution is 2.28. The Kier molecular flexibility index (Phi) is 6.03. The van der Waals surface area contributed by atoms with E-state index in [4.69, 9.17) is 9.84 Å². The van der Waals surface area contributed by atoms with Crippen LogP contribution in [-0.2, 0) is 24.2 Å². The zero-order chi connectivity index (χ0) is 27.3. The molecular formula is C27H26FN7O4. The van der Waals surface area contributed by atoms with Gasteiger partial charge in [-0.15, -0.1) is 0 Å². The molecule has 0 fully saturated rings. The molecule has 0 unspecified atom stereocenters. The fourth-order valence-corrected chi connectivity index (χ4v) is 5.03. The van der Waals surface area contributed by atoms with Crippen molar-refractivity contribution in [3.05, 3.63) is 88.1 Å². The van der Waals surface area contributed by atoms with E-state index in [-0.39, 0.29) is 18.1 Å². The number of carbonyl (C=O) groups is 1. The lowest BCUT2D eigenvalue weighted by atomic mass is 10.1. The Labute approximate surface area is 221 Å². The van der Waals surface area contributed by atoms with E-state index >= 15 is 0 Å². The number of ether oxygens (including phenoxy) is 1. The van der Waals surface area contributed by atoms with Gasteiger partial charge in [-0.1, -0.05) is 0 Å². The van der Waals surface area contributed by atoms with Crippen molar-refractivity contribution in [1.82, 2.24) is 33.6 Å². The van der Waals surface area contributed by atoms with Crippen molar-refractivity contribution in [2.45, 2.75) is 26.4 Å². The monoisotopic (exact) mass is 531 g/mol. The Morgan fingerprint density at radius 3 is 2.69 bits per heavy atom. The van der Waals surface area contributed by atoms with Gasteiger partial charge in [-0.3, -0.25) is 13.8 Å². The van der Waals surface area contributed by atoms with Crippen molar-refractivity contribution < 1.29 is 19.0 Å². The zero-order valence-electron chi connectivity index (χ0n) is 21.4. The number of methoxy groups -OCH3 is 1. The third-order valence-corrected chi connectivity index (χ3v) is 7.08. The minimum Gasteiger partial charge on any atom is -0.465 e. The summed E-state index contributed by atoms with van der Waals surface area (Å²) >= 11 is 0. The second kappa shape index (κ2) is 9.55. The minimum absolute atomic E-state index is 0.0877. The molecule has 200 valence electrons. The van der Waals surface area contributed by atoms with Gasteiger partial charge in [-0.2, -0.15) is 10.2 Å². The number of aryl methyl sites for hydroxylation is 1. The van der Waals surface area contributed by atoms with E-state index in [1.165, 1.54) is 20.1 Å². The first-order valence-electron chi connectivity index (χ1n) is 12.5. The van der Waals surface area contributed by atoms with Crippen LogP contribution in [0.3, 0.4) is 0 Å². The second-order valence-corrected chi connectivity index (χ2v) is 9.47. The highest BCUT2D eigenvalue weighted by atomic mass is 19.1. The van der Waals surface area contributed by atoms with E-state index in [1.807, 2.05) is 22.9 Å². The van der Waals surface area contributed by atoms with Crippen LogP contribution in [0, 0.1) is 12.7 Å². The fraction of sp³-hybridized carbons (Fsp3) is 0.259. The number of rotatable bonds is 6. The van der Waals surface area contributed by atoms with Crippen LogP contribution in [0.15, 0.2) is 59.8 Å². The van der Waals surface area contributed by atoms with Crippen molar-refractivity contribution in [2.75, 3.05) is 20.3 Å². The Morgan fingerprint density at radius 1 is 1.13 bits per heavy atom. The van der Waals surface area contributed by atoms with Gasteiger partial charge in [0.05, 0.1) is 48.5 Å². The van der Waals surface area contributed by atoms with Crippen molar-refractivity contribution in [3.63, 3.8) is 0 Å². The standard InChI is InChI=1S/C27H26FN7O4/c1-17-13-20(3-5-22(17)28)35-25(21-16-31(27(37)38)8-7-23(21)30-35)33-10-9-32(26(33)36)19-4-6-24-18(14-19)15-29-34(24)11-12-39-2/h3-6,9-10,13-15H,7-8,11-12,16H2,1-2H3,(H,37,38). The van der Waals surface area contributed by atoms with Crippen LogP contribution >= 0.6 is 0 Å². The van der Waals surface area contributed by atoms with Crippen molar-refractivity contribution in [3.8, 4) is 17.2 Å². The van der Waals surface area contributed by atoms with Gasteiger partial charge < -0.3 is 14.7 Å². The number of fused-ring (bicyclic) bond motifs is 2. The molecule has 12 heteroatoms. The smallest absolute Gasteiger partial charge is 0.407 e. The van der Waals surface area contributed by atoms with Gasteiger partial charge in [-0.25, -0.2) is 18.7 Å². The van der Waals surface area contributed by atoms with Crippen LogP contribution < -0.4 is 5.69 Å². The van der Waals surface area contributed by atoms with Gasteiger partial charge in [0.1, 0.15) is 11.6 Å². The van der Waals surface area contributed by atoms with Crippen molar-refractivity contribution in [2.24, 2.45) is 0 Å². The molecule has 39 heavy (non-hydrogen) atoms. The fourth-order valence-electron chi connectivity index (χ4n) is 5.03. The van der Waals surface area contributed by atoms with Crippen LogP contribution in [0.25, 0.3) is 28.1 Å². The van der Waals surface area contributed by atoms with E-state index in [1.54, 1.807) is 49.4 Å². The maximum absolute atomic E-state index is 14.1. The molecule has 4 heterocycles. The molecule has 5 aromatic rings. The normalized spacial score (nSPS) is 13.3. The van der Waals surface area contributed by atoms with Crippen LogP contribution in [-0.4, -0.2) is 65.1 Å². The van der Waals surface area contributed by atoms with Crippen molar-refractivity contribution in [1.29, 1.82) is 0 Å². The summed E-state index contributed by atoms with van der Waals surface area (Å²) in [5, 5.41) is 19.7. The maximum Gasteiger partial charge on any atom is 0.407 e. The summed E-state index contributed by atoms with van der Waals surface area (Å²) in [5.74, 6) is 0.0812. The summed E-state index contributed by atoms with van der Waals surface area (Å²) in [6, 6.07) is 10.3. The lowest BCUT2D eigenvalue weighted by Gasteiger charge is -2.23. The zero-order valence-corrected chi connectivity index (χ0v) is 21.4. The van der Waals surface area contributed by atoms with Gasteiger partial charge in [0, 0.05) is 43.4 Å². The highest BCUT2D eigenvalue weighted by Gasteiger charge is 2.29. The van der Waals surface area contributed by atoms with Gasteiger partial charge >= 0.3 is 11.8 Å². The van der Waals surface area contributed by atoms with Crippen LogP contribution in [0.2, 0.25) is 0 Å². The third-order valence-electron chi connectivity index (χ3n) is 7.08. The first-order valence-corrected chi connectivity index (χ1v) is 12.5. The van der Waals surface area contributed by atoms with E-state index in [0.717, 1.165) is 10.9 Å². The molecule has 0 bridgehead atoms. The molecule has 3 aromatic heterocycles. The number of amides is 1. The SMILES string of the molecule is COCCn1ncc2cc(-n3ccn(-c4c5c(nn4-c4ccc(F)c(C)c4)CCN(C(=O)O)C5)c3=O)ccc21. The Bertz CT molecular complexity index is 1780. The number of halogens is 1. The molecule has 6 rings (SSSR count). The Balaban J connectivity index is 1.47. The van der Waals surface area contributed by atoms with Gasteiger partial charge in [-0.05, 0) is 48.9 Å². The molecule has 0 radical (unpaired) electrons. The second-order valence-electron chi connectivity index (χ2n) is 9.47. The van der Waals surface area contributed by atoms with E-state index in [9.17, 15) is 19.1 Å². The Hall–Kier alpha value is -4.71. The lowest BCUT2D eigenvalue weighted by molar-refractivity contribution is 0.140. The number of carboxylic acid groups (broad SMARTS) is 1. The molecule has 2 aromatic carbocycles. The number of hydrogen-bond acceptors (Lipinski definition) is 5. The molecule has 11 nitrogen and oxygen atoms in total. The quantitative estimate of drug-likeness (QED) is 0.360. The topological polar surface area (TPSA) is 112 Å². The first-order chi connectivity index (χ1) is 18.9. The number of aromatic nitrogens is 6. The maximum atomic E-state index is 14.1. The van der Waals surface area contributed by atoms with E-state index in [0.29, 0.717) is 60.1 Å². The number of imidazole rings is 1. The molecule has 1 aliphatic rings. The predicted molar refractivity (Wildman–Crippen MR) is 140 cm³/mol. The Morgan fingerprint density at radius 2 is 1.92 bits per heavy atom. The van der Waals surface area contributed by atoms with Crippen LogP contribution in [0.1, 0.15) is 16.8 Å². The highest BCUT2D eigenvalue weighted by molar-refractivity contribution is 5.81. The average Bonchev–Trinajstić information content (AvgIpc) is 3.62. The molecule has 0 atom stereocenters. The molecule has 0 saturated carbocycles. The predicted octanol–water partition coefficient (Wildman–Crippen LogP) is 3.29. The van der Waals surface area contributed by atoms with E-state index < -0.39 is 6.09 Å². The van der Waals surface area contributed by atoms with Gasteiger partial charge in [0.25, 0.3) is 0 Å². The number of benzene rings is 2. The third kappa shape index (κ3) is 4.18. The van der Waals surface area contributed by atoms with Gasteiger partial charge in [0.2, 0.25) is 0 Å². The van der Waals surface area contributed by atoms with Gasteiger partial charge in [0.15, 0.2) is 0 Å². The summed E-state index contributed by atoms with van der Waals surface area (Å²) in [6.07, 6.45) is 4.41. The lowest BCUT2D eigenvalue weighted by Crippen LogP contribution is -2.35. The average molecular weight is 532 g/mol. The molecule has 1 N–H and O–H groups in total. The molecule has 0 spiro atoms. The summed E-state index contributed by atoms with van der Waals surface area (Å²) in [6.45, 7) is 3.19. The molecule has 1 amide bonds. The summed E-state index contributed by atoms with van der Waals surface area (Å²) in [7, 11) is 1.64. The number of nitrogens with zero attached hydrogens (tertiary/aromatic N) is 7. The van der Waals surface area contributed by atoms with Crippen LogP contribution in [0.4, 0.5) is 9.18 Å². The van der Waals surface area contributed by atoms with Crippen LogP contribution in [0.5, 0.6) is 0 Å². The summed E-state index contributed by atoms with van der Waals surface area (Å²) in [4.78, 5) is 26.9. The molecular weight excluding hydrogens is 505 g/mol. The van der Waals surface area contributed by atoms with Crippen molar-refractivity contribution >= 4 is 17.0 Å². The molecule has 1 aliphatic heterocycles. The van der Waals surface area contributed by atoms with E-state index in [2.05, 4.69) is 5.10 Å². The minimum atomic E-state index is -1.04. The molecule has 0 aliphatic carbocycles. The summed E-state index contributed by atoms with van der Waals surface area (Å²) < 4.78 is 25.6.